The Morgan fingerprint density at radius 1 is 0.926 bits per heavy atom. The van der Waals surface area contributed by atoms with Gasteiger partial charge in [0.15, 0.2) is 5.13 Å². The van der Waals surface area contributed by atoms with Crippen LogP contribution >= 0.6 is 34.5 Å². The standard InChI is InChI=1S/C19H15Cl2N3O2S/c20-14-5-1-12(2-6-14)9-10-22-18(26)16-11-27-19(23-16)24-17(25)13-3-7-15(21)8-4-13/h1-8,11H,9-10H2,(H,22,26)(H,23,24,25). The summed E-state index contributed by atoms with van der Waals surface area (Å²) in [6.07, 6.45) is 0.688. The van der Waals surface area contributed by atoms with Crippen molar-refractivity contribution in [1.29, 1.82) is 0 Å². The van der Waals surface area contributed by atoms with Gasteiger partial charge in [-0.3, -0.25) is 14.9 Å². The zero-order chi connectivity index (χ0) is 19.2. The van der Waals surface area contributed by atoms with Crippen molar-refractivity contribution >= 4 is 51.5 Å². The molecule has 1 heterocycles. The lowest BCUT2D eigenvalue weighted by molar-refractivity contribution is 0.0948. The van der Waals surface area contributed by atoms with Crippen LogP contribution in [0, 0.1) is 0 Å². The first-order valence-electron chi connectivity index (χ1n) is 8.06. The average Bonchev–Trinajstić information content (AvgIpc) is 3.12. The molecule has 2 N–H and O–H groups in total. The third kappa shape index (κ3) is 5.53. The Hall–Kier alpha value is -2.41. The lowest BCUT2D eigenvalue weighted by atomic mass is 10.1. The van der Waals surface area contributed by atoms with E-state index in [1.165, 1.54) is 11.3 Å². The topological polar surface area (TPSA) is 71.1 Å². The second-order valence-corrected chi connectivity index (χ2v) is 7.36. The van der Waals surface area contributed by atoms with Crippen molar-refractivity contribution < 1.29 is 9.59 Å². The van der Waals surface area contributed by atoms with E-state index in [2.05, 4.69) is 15.6 Å². The monoisotopic (exact) mass is 419 g/mol. The number of aromatic nitrogens is 1. The van der Waals surface area contributed by atoms with E-state index in [1.807, 2.05) is 24.3 Å². The molecule has 0 aliphatic heterocycles. The molecular formula is C19H15Cl2N3O2S. The second-order valence-electron chi connectivity index (χ2n) is 5.63. The zero-order valence-electron chi connectivity index (χ0n) is 14.0. The number of anilines is 1. The molecule has 1 aromatic heterocycles. The summed E-state index contributed by atoms with van der Waals surface area (Å²) in [4.78, 5) is 28.5. The van der Waals surface area contributed by atoms with E-state index in [1.54, 1.807) is 29.6 Å². The molecule has 0 spiro atoms. The van der Waals surface area contributed by atoms with Gasteiger partial charge >= 0.3 is 0 Å². The number of nitrogens with one attached hydrogen (secondary N) is 2. The fourth-order valence-corrected chi connectivity index (χ4v) is 3.21. The molecule has 0 fully saturated rings. The largest absolute Gasteiger partial charge is 0.350 e. The minimum Gasteiger partial charge on any atom is -0.350 e. The number of hydrogen-bond donors (Lipinski definition) is 2. The Morgan fingerprint density at radius 3 is 2.22 bits per heavy atom. The van der Waals surface area contributed by atoms with E-state index in [9.17, 15) is 9.59 Å². The lowest BCUT2D eigenvalue weighted by Gasteiger charge is -2.04. The Kier molecular flexibility index (Phi) is 6.45. The predicted molar refractivity (Wildman–Crippen MR) is 109 cm³/mol. The van der Waals surface area contributed by atoms with Gasteiger partial charge in [-0.1, -0.05) is 35.3 Å². The molecule has 3 rings (SSSR count). The normalized spacial score (nSPS) is 10.4. The number of amides is 2. The van der Waals surface area contributed by atoms with Crippen LogP contribution in [-0.2, 0) is 6.42 Å². The van der Waals surface area contributed by atoms with Crippen LogP contribution in [0.5, 0.6) is 0 Å². The van der Waals surface area contributed by atoms with Gasteiger partial charge in [-0.2, -0.15) is 0 Å². The fourth-order valence-electron chi connectivity index (χ4n) is 2.27. The van der Waals surface area contributed by atoms with Crippen molar-refractivity contribution in [2.24, 2.45) is 0 Å². The minimum atomic E-state index is -0.310. The smallest absolute Gasteiger partial charge is 0.270 e. The molecule has 0 unspecified atom stereocenters. The molecule has 0 radical (unpaired) electrons. The molecule has 0 saturated heterocycles. The summed E-state index contributed by atoms with van der Waals surface area (Å²) in [7, 11) is 0. The van der Waals surface area contributed by atoms with Crippen LogP contribution in [-0.4, -0.2) is 23.3 Å². The number of carbonyl (C=O) groups excluding carboxylic acids is 2. The number of hydrogen-bond acceptors (Lipinski definition) is 4. The first kappa shape index (κ1) is 19.4. The van der Waals surface area contributed by atoms with Gasteiger partial charge in [-0.05, 0) is 48.4 Å². The molecule has 27 heavy (non-hydrogen) atoms. The Morgan fingerprint density at radius 2 is 1.56 bits per heavy atom. The molecule has 138 valence electrons. The van der Waals surface area contributed by atoms with Gasteiger partial charge in [0.2, 0.25) is 0 Å². The number of rotatable bonds is 6. The van der Waals surface area contributed by atoms with E-state index in [4.69, 9.17) is 23.2 Å². The Balaban J connectivity index is 1.51. The van der Waals surface area contributed by atoms with Crippen molar-refractivity contribution in [3.63, 3.8) is 0 Å². The van der Waals surface area contributed by atoms with E-state index >= 15 is 0 Å². The van der Waals surface area contributed by atoms with Gasteiger partial charge in [-0.15, -0.1) is 11.3 Å². The quantitative estimate of drug-likeness (QED) is 0.609. The maximum absolute atomic E-state index is 12.2. The van der Waals surface area contributed by atoms with Crippen LogP contribution in [0.15, 0.2) is 53.9 Å². The van der Waals surface area contributed by atoms with E-state index in [0.29, 0.717) is 33.7 Å². The second kappa shape index (κ2) is 8.99. The molecule has 0 atom stereocenters. The number of benzene rings is 2. The van der Waals surface area contributed by atoms with E-state index < -0.39 is 0 Å². The molecule has 0 bridgehead atoms. The van der Waals surface area contributed by atoms with Crippen LogP contribution in [0.2, 0.25) is 10.0 Å². The van der Waals surface area contributed by atoms with Gasteiger partial charge in [0.25, 0.3) is 11.8 Å². The van der Waals surface area contributed by atoms with E-state index in [0.717, 1.165) is 5.56 Å². The number of thiazole rings is 1. The van der Waals surface area contributed by atoms with Crippen LogP contribution in [0.1, 0.15) is 26.4 Å². The average molecular weight is 420 g/mol. The molecule has 3 aromatic rings. The zero-order valence-corrected chi connectivity index (χ0v) is 16.4. The number of halogens is 2. The van der Waals surface area contributed by atoms with Gasteiger partial charge in [0, 0.05) is 27.5 Å². The third-order valence-corrected chi connectivity index (χ3v) is 4.94. The third-order valence-electron chi connectivity index (χ3n) is 3.68. The number of carbonyl (C=O) groups is 2. The highest BCUT2D eigenvalue weighted by molar-refractivity contribution is 7.14. The summed E-state index contributed by atoms with van der Waals surface area (Å²) in [5, 5.41) is 8.68. The van der Waals surface area contributed by atoms with Gasteiger partial charge < -0.3 is 5.32 Å². The maximum atomic E-state index is 12.2. The molecule has 5 nitrogen and oxygen atoms in total. The summed E-state index contributed by atoms with van der Waals surface area (Å²) in [5.41, 5.74) is 1.81. The molecular weight excluding hydrogens is 405 g/mol. The van der Waals surface area contributed by atoms with Crippen molar-refractivity contribution in [2.75, 3.05) is 11.9 Å². The predicted octanol–water partition coefficient (Wildman–Crippen LogP) is 4.67. The molecule has 2 aromatic carbocycles. The first-order valence-corrected chi connectivity index (χ1v) is 9.70. The minimum absolute atomic E-state index is 0.266. The van der Waals surface area contributed by atoms with Crippen LogP contribution in [0.3, 0.4) is 0 Å². The summed E-state index contributed by atoms with van der Waals surface area (Å²) >= 11 is 12.8. The SMILES string of the molecule is O=C(Nc1nc(C(=O)NCCc2ccc(Cl)cc2)cs1)c1ccc(Cl)cc1. The van der Waals surface area contributed by atoms with Crippen LogP contribution < -0.4 is 10.6 Å². The van der Waals surface area contributed by atoms with Gasteiger partial charge in [0.05, 0.1) is 0 Å². The van der Waals surface area contributed by atoms with Crippen molar-refractivity contribution in [3.05, 3.63) is 80.8 Å². The summed E-state index contributed by atoms with van der Waals surface area (Å²) in [5.74, 6) is -0.595. The lowest BCUT2D eigenvalue weighted by Crippen LogP contribution is -2.26. The molecule has 0 saturated carbocycles. The number of nitrogens with zero attached hydrogens (tertiary/aromatic N) is 1. The molecule has 2 amide bonds. The van der Waals surface area contributed by atoms with Gasteiger partial charge in [0.1, 0.15) is 5.69 Å². The van der Waals surface area contributed by atoms with Crippen molar-refractivity contribution in [2.45, 2.75) is 6.42 Å². The fraction of sp³-hybridized carbons (Fsp3) is 0.105. The van der Waals surface area contributed by atoms with Crippen LogP contribution in [0.25, 0.3) is 0 Å². The molecule has 8 heteroatoms. The maximum Gasteiger partial charge on any atom is 0.270 e. The first-order chi connectivity index (χ1) is 13.0. The van der Waals surface area contributed by atoms with Crippen molar-refractivity contribution in [3.8, 4) is 0 Å². The summed E-state index contributed by atoms with van der Waals surface area (Å²) in [6.45, 7) is 0.477. The molecule has 0 aliphatic rings. The van der Waals surface area contributed by atoms with Gasteiger partial charge in [-0.25, -0.2) is 4.98 Å². The summed E-state index contributed by atoms with van der Waals surface area (Å²) in [6, 6.07) is 14.0. The Bertz CT molecular complexity index is 940. The summed E-state index contributed by atoms with van der Waals surface area (Å²) < 4.78 is 0. The highest BCUT2D eigenvalue weighted by atomic mass is 35.5. The van der Waals surface area contributed by atoms with Crippen molar-refractivity contribution in [1.82, 2.24) is 10.3 Å². The Labute approximate surface area is 170 Å². The highest BCUT2D eigenvalue weighted by Gasteiger charge is 2.13. The molecule has 0 aliphatic carbocycles. The van der Waals surface area contributed by atoms with Crippen LogP contribution in [0.4, 0.5) is 5.13 Å². The van der Waals surface area contributed by atoms with E-state index in [-0.39, 0.29) is 17.5 Å². The highest BCUT2D eigenvalue weighted by Crippen LogP contribution is 2.17.